The standard InChI is InChI=1S/C14H17NO2S/c1-15-14(13-9-18-7-6-16-13)12-8-10-4-2-3-5-11(10)17-12/h2-5,8,13-15H,6-7,9H2,1H3. The fourth-order valence-corrected chi connectivity index (χ4v) is 3.27. The van der Waals surface area contributed by atoms with Crippen molar-refractivity contribution in [2.45, 2.75) is 12.1 Å². The van der Waals surface area contributed by atoms with Crippen molar-refractivity contribution in [2.75, 3.05) is 25.2 Å². The summed E-state index contributed by atoms with van der Waals surface area (Å²) in [6.07, 6.45) is 0.189. The van der Waals surface area contributed by atoms with Gasteiger partial charge < -0.3 is 14.5 Å². The summed E-state index contributed by atoms with van der Waals surface area (Å²) in [5, 5.41) is 4.47. The Morgan fingerprint density at radius 1 is 1.39 bits per heavy atom. The van der Waals surface area contributed by atoms with Gasteiger partial charge in [-0.15, -0.1) is 0 Å². The van der Waals surface area contributed by atoms with Crippen molar-refractivity contribution in [1.29, 1.82) is 0 Å². The highest BCUT2D eigenvalue weighted by Crippen LogP contribution is 2.29. The van der Waals surface area contributed by atoms with Crippen LogP contribution >= 0.6 is 11.8 Å². The van der Waals surface area contributed by atoms with Crippen molar-refractivity contribution in [2.24, 2.45) is 0 Å². The van der Waals surface area contributed by atoms with Gasteiger partial charge in [0.2, 0.25) is 0 Å². The Labute approximate surface area is 111 Å². The number of furan rings is 1. The number of hydrogen-bond acceptors (Lipinski definition) is 4. The van der Waals surface area contributed by atoms with E-state index in [2.05, 4.69) is 17.4 Å². The number of fused-ring (bicyclic) bond motifs is 1. The van der Waals surface area contributed by atoms with E-state index in [0.717, 1.165) is 34.8 Å². The van der Waals surface area contributed by atoms with Gasteiger partial charge in [-0.2, -0.15) is 11.8 Å². The predicted octanol–water partition coefficient (Wildman–Crippen LogP) is 2.83. The van der Waals surface area contributed by atoms with Gasteiger partial charge in [-0.3, -0.25) is 0 Å². The number of hydrogen-bond donors (Lipinski definition) is 1. The Hall–Kier alpha value is -0.970. The molecule has 1 fully saturated rings. The Bertz CT molecular complexity index is 486. The molecule has 96 valence electrons. The van der Waals surface area contributed by atoms with Crippen molar-refractivity contribution >= 4 is 22.7 Å². The van der Waals surface area contributed by atoms with Gasteiger partial charge in [-0.05, 0) is 19.2 Å². The SMILES string of the molecule is CNC(c1cc2ccccc2o1)C1CSCCO1. The first kappa shape index (κ1) is 12.1. The summed E-state index contributed by atoms with van der Waals surface area (Å²) in [5.41, 5.74) is 0.941. The molecule has 1 aromatic carbocycles. The zero-order chi connectivity index (χ0) is 12.4. The van der Waals surface area contributed by atoms with Gasteiger partial charge in [-0.1, -0.05) is 18.2 Å². The van der Waals surface area contributed by atoms with Crippen molar-refractivity contribution in [3.05, 3.63) is 36.1 Å². The number of likely N-dealkylation sites (N-methyl/N-ethyl adjacent to an activating group) is 1. The summed E-state index contributed by atoms with van der Waals surface area (Å²) in [7, 11) is 1.96. The molecule has 3 nitrogen and oxygen atoms in total. The maximum Gasteiger partial charge on any atom is 0.134 e. The van der Waals surface area contributed by atoms with Crippen molar-refractivity contribution in [1.82, 2.24) is 5.32 Å². The molecule has 1 N–H and O–H groups in total. The summed E-state index contributed by atoms with van der Waals surface area (Å²) in [4.78, 5) is 0. The average Bonchev–Trinajstić information content (AvgIpc) is 2.84. The van der Waals surface area contributed by atoms with Crippen LogP contribution in [0.2, 0.25) is 0 Å². The molecule has 0 amide bonds. The van der Waals surface area contributed by atoms with Crippen LogP contribution in [0, 0.1) is 0 Å². The van der Waals surface area contributed by atoms with Crippen molar-refractivity contribution in [3.8, 4) is 0 Å². The first-order valence-corrected chi connectivity index (χ1v) is 7.39. The molecule has 0 bridgehead atoms. The molecule has 0 radical (unpaired) electrons. The maximum atomic E-state index is 5.92. The lowest BCUT2D eigenvalue weighted by atomic mass is 10.1. The lowest BCUT2D eigenvalue weighted by Crippen LogP contribution is -2.36. The molecule has 1 aromatic heterocycles. The summed E-state index contributed by atoms with van der Waals surface area (Å²) in [5.74, 6) is 3.07. The zero-order valence-electron chi connectivity index (χ0n) is 10.4. The molecule has 2 unspecified atom stereocenters. The molecule has 1 saturated heterocycles. The molecule has 3 rings (SSSR count). The second kappa shape index (κ2) is 5.34. The minimum atomic E-state index is 0.130. The van der Waals surface area contributed by atoms with Crippen LogP contribution in [0.5, 0.6) is 0 Å². The molecule has 0 spiro atoms. The molecule has 2 atom stereocenters. The monoisotopic (exact) mass is 263 g/mol. The molecule has 1 aliphatic rings. The normalized spacial score (nSPS) is 22.2. The van der Waals surface area contributed by atoms with Gasteiger partial charge in [0.25, 0.3) is 0 Å². The maximum absolute atomic E-state index is 5.92. The Morgan fingerprint density at radius 2 is 2.28 bits per heavy atom. The van der Waals surface area contributed by atoms with E-state index in [9.17, 15) is 0 Å². The number of thioether (sulfide) groups is 1. The van der Waals surface area contributed by atoms with Gasteiger partial charge in [0, 0.05) is 16.9 Å². The van der Waals surface area contributed by atoms with Gasteiger partial charge in [0.05, 0.1) is 18.8 Å². The third-order valence-corrected chi connectivity index (χ3v) is 4.30. The van der Waals surface area contributed by atoms with Gasteiger partial charge >= 0.3 is 0 Å². The molecule has 1 aliphatic heterocycles. The van der Waals surface area contributed by atoms with Crippen LogP contribution in [-0.2, 0) is 4.74 Å². The van der Waals surface area contributed by atoms with E-state index in [-0.39, 0.29) is 12.1 Å². The van der Waals surface area contributed by atoms with Crippen LogP contribution < -0.4 is 5.32 Å². The van der Waals surface area contributed by atoms with Crippen LogP contribution in [0.15, 0.2) is 34.7 Å². The van der Waals surface area contributed by atoms with E-state index in [4.69, 9.17) is 9.15 Å². The van der Waals surface area contributed by atoms with Crippen LogP contribution in [0.25, 0.3) is 11.0 Å². The summed E-state index contributed by atoms with van der Waals surface area (Å²) in [6, 6.07) is 10.3. The van der Waals surface area contributed by atoms with Crippen LogP contribution in [0.3, 0.4) is 0 Å². The van der Waals surface area contributed by atoms with E-state index >= 15 is 0 Å². The third kappa shape index (κ3) is 2.28. The Kier molecular flexibility index (Phi) is 3.59. The molecule has 0 aliphatic carbocycles. The number of para-hydroxylation sites is 1. The summed E-state index contributed by atoms with van der Waals surface area (Å²) in [6.45, 7) is 0.827. The third-order valence-electron chi connectivity index (χ3n) is 3.28. The van der Waals surface area contributed by atoms with Gasteiger partial charge in [0.15, 0.2) is 0 Å². The number of ether oxygens (including phenoxy) is 1. The second-order valence-electron chi connectivity index (χ2n) is 4.44. The fourth-order valence-electron chi connectivity index (χ4n) is 2.37. The molecular formula is C14H17NO2S. The summed E-state index contributed by atoms with van der Waals surface area (Å²) >= 11 is 1.94. The number of nitrogens with one attached hydrogen (secondary N) is 1. The Balaban J connectivity index is 1.90. The molecule has 0 saturated carbocycles. The minimum absolute atomic E-state index is 0.130. The van der Waals surface area contributed by atoms with E-state index in [0.29, 0.717) is 0 Å². The average molecular weight is 263 g/mol. The lowest BCUT2D eigenvalue weighted by molar-refractivity contribution is 0.0436. The second-order valence-corrected chi connectivity index (χ2v) is 5.59. The van der Waals surface area contributed by atoms with Crippen molar-refractivity contribution < 1.29 is 9.15 Å². The van der Waals surface area contributed by atoms with E-state index in [1.54, 1.807) is 0 Å². The number of benzene rings is 1. The minimum Gasteiger partial charge on any atom is -0.459 e. The van der Waals surface area contributed by atoms with E-state index in [1.165, 1.54) is 0 Å². The van der Waals surface area contributed by atoms with Crippen LogP contribution in [0.1, 0.15) is 11.8 Å². The highest BCUT2D eigenvalue weighted by Gasteiger charge is 2.27. The van der Waals surface area contributed by atoms with E-state index in [1.807, 2.05) is 37.0 Å². The topological polar surface area (TPSA) is 34.4 Å². The van der Waals surface area contributed by atoms with E-state index < -0.39 is 0 Å². The lowest BCUT2D eigenvalue weighted by Gasteiger charge is -2.28. The fraction of sp³-hybridized carbons (Fsp3) is 0.429. The molecule has 4 heteroatoms. The first-order valence-electron chi connectivity index (χ1n) is 6.23. The highest BCUT2D eigenvalue weighted by molar-refractivity contribution is 7.99. The highest BCUT2D eigenvalue weighted by atomic mass is 32.2. The number of rotatable bonds is 3. The molecule has 2 aromatic rings. The first-order chi connectivity index (χ1) is 8.88. The predicted molar refractivity (Wildman–Crippen MR) is 75.1 cm³/mol. The summed E-state index contributed by atoms with van der Waals surface area (Å²) < 4.78 is 11.8. The zero-order valence-corrected chi connectivity index (χ0v) is 11.2. The molecule has 2 heterocycles. The molecular weight excluding hydrogens is 246 g/mol. The van der Waals surface area contributed by atoms with Gasteiger partial charge in [0.1, 0.15) is 11.3 Å². The van der Waals surface area contributed by atoms with Crippen LogP contribution in [0.4, 0.5) is 0 Å². The smallest absolute Gasteiger partial charge is 0.134 e. The quantitative estimate of drug-likeness (QED) is 0.923. The van der Waals surface area contributed by atoms with Crippen LogP contribution in [-0.4, -0.2) is 31.3 Å². The molecule has 18 heavy (non-hydrogen) atoms. The largest absolute Gasteiger partial charge is 0.459 e. The van der Waals surface area contributed by atoms with Gasteiger partial charge in [-0.25, -0.2) is 0 Å². The Morgan fingerprint density at radius 3 is 3.00 bits per heavy atom. The van der Waals surface area contributed by atoms with Crippen molar-refractivity contribution in [3.63, 3.8) is 0 Å².